The molecule has 2 saturated heterocycles. The number of rotatable bonds is 2. The second-order valence-electron chi connectivity index (χ2n) is 6.25. The van der Waals surface area contributed by atoms with Crippen LogP contribution in [0.3, 0.4) is 0 Å². The highest BCUT2D eigenvalue weighted by molar-refractivity contribution is 6.00. The van der Waals surface area contributed by atoms with Crippen molar-refractivity contribution in [2.45, 2.75) is 6.92 Å². The van der Waals surface area contributed by atoms with E-state index in [1.165, 1.54) is 0 Å². The van der Waals surface area contributed by atoms with Crippen molar-refractivity contribution in [1.29, 1.82) is 0 Å². The number of hydrogen-bond acceptors (Lipinski definition) is 5. The van der Waals surface area contributed by atoms with Gasteiger partial charge in [0.25, 0.3) is 5.91 Å². The fourth-order valence-electron chi connectivity index (χ4n) is 3.38. The molecule has 0 saturated carbocycles. The zero-order valence-electron chi connectivity index (χ0n) is 13.3. The highest BCUT2D eigenvalue weighted by Gasteiger charge is 2.45. The van der Waals surface area contributed by atoms with Crippen LogP contribution in [-0.4, -0.2) is 46.4 Å². The molecule has 2 aliphatic rings. The van der Waals surface area contributed by atoms with Crippen LogP contribution in [-0.2, 0) is 9.53 Å². The Bertz CT molecular complexity index is 806. The summed E-state index contributed by atoms with van der Waals surface area (Å²) in [4.78, 5) is 35.1. The lowest BCUT2D eigenvalue weighted by Gasteiger charge is -2.19. The monoisotopic (exact) mass is 323 g/mol. The summed E-state index contributed by atoms with van der Waals surface area (Å²) in [5, 5.41) is 0. The molecule has 3 heterocycles. The van der Waals surface area contributed by atoms with E-state index in [-0.39, 0.29) is 23.7 Å². The van der Waals surface area contributed by atoms with Crippen molar-refractivity contribution in [3.63, 3.8) is 0 Å². The molecule has 0 N–H and O–H groups in total. The Kier molecular flexibility index (Phi) is 3.52. The van der Waals surface area contributed by atoms with Gasteiger partial charge < -0.3 is 9.64 Å². The number of carbonyl (C=O) groups excluding carboxylic acids is 2. The molecular weight excluding hydrogens is 306 g/mol. The van der Waals surface area contributed by atoms with E-state index in [4.69, 9.17) is 4.74 Å². The van der Waals surface area contributed by atoms with Gasteiger partial charge in [-0.2, -0.15) is 0 Å². The van der Waals surface area contributed by atoms with E-state index in [0.717, 1.165) is 5.56 Å². The van der Waals surface area contributed by atoms with Crippen LogP contribution in [0.5, 0.6) is 0 Å². The molecule has 122 valence electrons. The van der Waals surface area contributed by atoms with Gasteiger partial charge in [0.05, 0.1) is 23.8 Å². The number of benzene rings is 1. The minimum absolute atomic E-state index is 0.105. The number of hydrogen-bond donors (Lipinski definition) is 0. The van der Waals surface area contributed by atoms with E-state index < -0.39 is 0 Å². The molecule has 4 rings (SSSR count). The second kappa shape index (κ2) is 5.70. The standard InChI is InChI=1S/C18H17N3O3/c1-11-19-7-14(16(20-11)12-5-3-2-4-6-12)17(22)21-8-13-10-24-18(23)15(13)9-21/h2-7,13,15H,8-10H2,1H3/t13-,15-/m1/s1. The number of cyclic esters (lactones) is 1. The van der Waals surface area contributed by atoms with Crippen molar-refractivity contribution < 1.29 is 14.3 Å². The van der Waals surface area contributed by atoms with Crippen LogP contribution in [0.25, 0.3) is 11.3 Å². The van der Waals surface area contributed by atoms with Crippen molar-refractivity contribution in [2.24, 2.45) is 11.8 Å². The van der Waals surface area contributed by atoms with Crippen LogP contribution >= 0.6 is 0 Å². The van der Waals surface area contributed by atoms with Gasteiger partial charge in [0.15, 0.2) is 0 Å². The lowest BCUT2D eigenvalue weighted by atomic mass is 10.0. The van der Waals surface area contributed by atoms with Crippen molar-refractivity contribution in [3.05, 3.63) is 47.9 Å². The van der Waals surface area contributed by atoms with E-state index in [0.29, 0.717) is 36.8 Å². The number of esters is 1. The third kappa shape index (κ3) is 2.44. The van der Waals surface area contributed by atoms with Crippen molar-refractivity contribution in [3.8, 4) is 11.3 Å². The summed E-state index contributed by atoms with van der Waals surface area (Å²) in [6, 6.07) is 9.60. The number of ether oxygens (including phenoxy) is 1. The highest BCUT2D eigenvalue weighted by atomic mass is 16.5. The Labute approximate surface area is 139 Å². The number of aromatic nitrogens is 2. The molecule has 2 aliphatic heterocycles. The van der Waals surface area contributed by atoms with E-state index in [2.05, 4.69) is 9.97 Å². The Hall–Kier alpha value is -2.76. The van der Waals surface area contributed by atoms with Gasteiger partial charge >= 0.3 is 5.97 Å². The SMILES string of the molecule is Cc1ncc(C(=O)N2C[C@@H]3COC(=O)[C@@H]3C2)c(-c2ccccc2)n1. The van der Waals surface area contributed by atoms with Crippen LogP contribution in [0.2, 0.25) is 0 Å². The molecule has 0 unspecified atom stereocenters. The molecule has 2 fully saturated rings. The summed E-state index contributed by atoms with van der Waals surface area (Å²) in [7, 11) is 0. The molecule has 24 heavy (non-hydrogen) atoms. The molecule has 1 amide bonds. The average Bonchev–Trinajstić information content (AvgIpc) is 3.17. The lowest BCUT2D eigenvalue weighted by molar-refractivity contribution is -0.141. The maximum Gasteiger partial charge on any atom is 0.311 e. The highest BCUT2D eigenvalue weighted by Crippen LogP contribution is 2.32. The molecule has 1 aromatic heterocycles. The Morgan fingerprint density at radius 1 is 1.25 bits per heavy atom. The summed E-state index contributed by atoms with van der Waals surface area (Å²) in [5.74, 6) is 0.204. The number of amides is 1. The van der Waals surface area contributed by atoms with Crippen LogP contribution in [0, 0.1) is 18.8 Å². The topological polar surface area (TPSA) is 72.4 Å². The molecule has 2 aromatic rings. The number of aryl methyl sites for hydroxylation is 1. The maximum absolute atomic E-state index is 13.0. The predicted molar refractivity (Wildman–Crippen MR) is 86.0 cm³/mol. The molecule has 0 spiro atoms. The third-order valence-electron chi connectivity index (χ3n) is 4.66. The zero-order valence-corrected chi connectivity index (χ0v) is 13.3. The largest absolute Gasteiger partial charge is 0.465 e. The van der Waals surface area contributed by atoms with Gasteiger partial charge in [-0.15, -0.1) is 0 Å². The minimum Gasteiger partial charge on any atom is -0.465 e. The molecule has 6 nitrogen and oxygen atoms in total. The molecule has 0 radical (unpaired) electrons. The Balaban J connectivity index is 1.67. The smallest absolute Gasteiger partial charge is 0.311 e. The Morgan fingerprint density at radius 2 is 2.04 bits per heavy atom. The summed E-state index contributed by atoms with van der Waals surface area (Å²) < 4.78 is 5.06. The predicted octanol–water partition coefficient (Wildman–Crippen LogP) is 1.70. The molecular formula is C18H17N3O3. The van der Waals surface area contributed by atoms with Gasteiger partial charge in [0, 0.05) is 30.8 Å². The van der Waals surface area contributed by atoms with Crippen LogP contribution in [0.4, 0.5) is 0 Å². The van der Waals surface area contributed by atoms with E-state index in [1.54, 1.807) is 18.0 Å². The van der Waals surface area contributed by atoms with Gasteiger partial charge in [-0.25, -0.2) is 9.97 Å². The third-order valence-corrected chi connectivity index (χ3v) is 4.66. The van der Waals surface area contributed by atoms with Gasteiger partial charge in [-0.05, 0) is 6.92 Å². The molecule has 2 atom stereocenters. The van der Waals surface area contributed by atoms with Gasteiger partial charge in [-0.1, -0.05) is 30.3 Å². The number of carbonyl (C=O) groups is 2. The fourth-order valence-corrected chi connectivity index (χ4v) is 3.38. The van der Waals surface area contributed by atoms with Crippen molar-refractivity contribution in [2.75, 3.05) is 19.7 Å². The van der Waals surface area contributed by atoms with Crippen molar-refractivity contribution >= 4 is 11.9 Å². The summed E-state index contributed by atoms with van der Waals surface area (Å²) >= 11 is 0. The zero-order chi connectivity index (χ0) is 16.7. The van der Waals surface area contributed by atoms with Crippen LogP contribution in [0.15, 0.2) is 36.5 Å². The van der Waals surface area contributed by atoms with Crippen LogP contribution in [0.1, 0.15) is 16.2 Å². The van der Waals surface area contributed by atoms with E-state index in [1.807, 2.05) is 30.3 Å². The molecule has 6 heteroatoms. The Morgan fingerprint density at radius 3 is 2.79 bits per heavy atom. The van der Waals surface area contributed by atoms with Gasteiger partial charge in [-0.3, -0.25) is 9.59 Å². The number of fused-ring (bicyclic) bond motifs is 1. The first kappa shape index (κ1) is 14.8. The maximum atomic E-state index is 13.0. The van der Waals surface area contributed by atoms with Gasteiger partial charge in [0.2, 0.25) is 0 Å². The van der Waals surface area contributed by atoms with E-state index in [9.17, 15) is 9.59 Å². The van der Waals surface area contributed by atoms with E-state index >= 15 is 0 Å². The molecule has 0 bridgehead atoms. The first-order valence-corrected chi connectivity index (χ1v) is 7.98. The average molecular weight is 323 g/mol. The lowest BCUT2D eigenvalue weighted by Crippen LogP contribution is -2.31. The summed E-state index contributed by atoms with van der Waals surface area (Å²) in [6.07, 6.45) is 1.58. The minimum atomic E-state index is -0.196. The number of nitrogens with zero attached hydrogens (tertiary/aromatic N) is 3. The molecule has 0 aliphatic carbocycles. The quantitative estimate of drug-likeness (QED) is 0.787. The number of likely N-dealkylation sites (tertiary alicyclic amines) is 1. The van der Waals surface area contributed by atoms with Gasteiger partial charge in [0.1, 0.15) is 5.82 Å². The molecule has 1 aromatic carbocycles. The second-order valence-corrected chi connectivity index (χ2v) is 6.25. The fraction of sp³-hybridized carbons (Fsp3) is 0.333. The first-order valence-electron chi connectivity index (χ1n) is 7.98. The van der Waals surface area contributed by atoms with Crippen molar-refractivity contribution in [1.82, 2.24) is 14.9 Å². The summed E-state index contributed by atoms with van der Waals surface area (Å²) in [5.41, 5.74) is 1.98. The first-order chi connectivity index (χ1) is 11.6. The van der Waals surface area contributed by atoms with Crippen LogP contribution < -0.4 is 0 Å². The summed E-state index contributed by atoms with van der Waals surface area (Å²) in [6.45, 7) is 3.15. The normalized spacial score (nSPS) is 22.4.